The van der Waals surface area contributed by atoms with Gasteiger partial charge in [-0.3, -0.25) is 0 Å². The third kappa shape index (κ3) is 4.09. The molecule has 1 aromatic rings. The Labute approximate surface area is 97.8 Å². The Morgan fingerprint density at radius 2 is 2.29 bits per heavy atom. The SMILES string of the molecule is CNCCOCCc1cc(C)c(Br)s1. The van der Waals surface area contributed by atoms with E-state index in [1.807, 2.05) is 7.05 Å². The van der Waals surface area contributed by atoms with Crippen LogP contribution in [0, 0.1) is 6.92 Å². The van der Waals surface area contributed by atoms with Gasteiger partial charge >= 0.3 is 0 Å². The molecule has 0 saturated carbocycles. The van der Waals surface area contributed by atoms with Crippen LogP contribution >= 0.6 is 27.3 Å². The van der Waals surface area contributed by atoms with E-state index < -0.39 is 0 Å². The van der Waals surface area contributed by atoms with Gasteiger partial charge in [-0.15, -0.1) is 11.3 Å². The maximum Gasteiger partial charge on any atom is 0.0730 e. The summed E-state index contributed by atoms with van der Waals surface area (Å²) in [5, 5.41) is 3.05. The number of rotatable bonds is 6. The Morgan fingerprint density at radius 1 is 1.50 bits per heavy atom. The summed E-state index contributed by atoms with van der Waals surface area (Å²) >= 11 is 5.32. The van der Waals surface area contributed by atoms with Crippen LogP contribution < -0.4 is 5.32 Å². The number of ether oxygens (including phenoxy) is 1. The van der Waals surface area contributed by atoms with Crippen LogP contribution in [0.3, 0.4) is 0 Å². The lowest BCUT2D eigenvalue weighted by Gasteiger charge is -2.01. The van der Waals surface area contributed by atoms with Crippen molar-refractivity contribution in [2.45, 2.75) is 13.3 Å². The van der Waals surface area contributed by atoms with E-state index in [1.54, 1.807) is 11.3 Å². The van der Waals surface area contributed by atoms with Gasteiger partial charge in [-0.25, -0.2) is 0 Å². The number of aryl methyl sites for hydroxylation is 1. The molecule has 0 bridgehead atoms. The molecule has 0 radical (unpaired) electrons. The third-order valence-corrected chi connectivity index (χ3v) is 4.09. The van der Waals surface area contributed by atoms with Gasteiger partial charge in [-0.1, -0.05) is 0 Å². The van der Waals surface area contributed by atoms with Crippen molar-refractivity contribution >= 4 is 27.3 Å². The molecule has 1 aromatic heterocycles. The molecule has 4 heteroatoms. The summed E-state index contributed by atoms with van der Waals surface area (Å²) in [4.78, 5) is 1.39. The fourth-order valence-corrected chi connectivity index (χ4v) is 2.70. The summed E-state index contributed by atoms with van der Waals surface area (Å²) in [5.41, 5.74) is 1.32. The molecule has 0 unspecified atom stereocenters. The Hall–Kier alpha value is 0.1000. The number of likely N-dealkylation sites (N-methyl/N-ethyl adjacent to an activating group) is 1. The van der Waals surface area contributed by atoms with Gasteiger partial charge in [-0.2, -0.15) is 0 Å². The lowest BCUT2D eigenvalue weighted by atomic mass is 10.3. The van der Waals surface area contributed by atoms with Crippen LogP contribution in [0.25, 0.3) is 0 Å². The molecule has 1 heterocycles. The van der Waals surface area contributed by atoms with Gasteiger partial charge in [0.25, 0.3) is 0 Å². The van der Waals surface area contributed by atoms with Crippen LogP contribution in [0.4, 0.5) is 0 Å². The highest BCUT2D eigenvalue weighted by Crippen LogP contribution is 2.27. The average molecular weight is 278 g/mol. The zero-order valence-corrected chi connectivity index (χ0v) is 11.0. The first-order chi connectivity index (χ1) is 6.74. The van der Waals surface area contributed by atoms with Crippen molar-refractivity contribution < 1.29 is 4.74 Å². The van der Waals surface area contributed by atoms with E-state index >= 15 is 0 Å². The van der Waals surface area contributed by atoms with Gasteiger partial charge in [0.05, 0.1) is 17.0 Å². The van der Waals surface area contributed by atoms with E-state index in [9.17, 15) is 0 Å². The van der Waals surface area contributed by atoms with Crippen molar-refractivity contribution in [2.75, 3.05) is 26.8 Å². The molecule has 0 fully saturated rings. The molecule has 0 aromatic carbocycles. The number of hydrogen-bond donors (Lipinski definition) is 1. The van der Waals surface area contributed by atoms with E-state index in [0.29, 0.717) is 0 Å². The first-order valence-corrected chi connectivity index (χ1v) is 6.32. The van der Waals surface area contributed by atoms with Gasteiger partial charge in [0.2, 0.25) is 0 Å². The molecule has 0 aliphatic carbocycles. The lowest BCUT2D eigenvalue weighted by molar-refractivity contribution is 0.141. The summed E-state index contributed by atoms with van der Waals surface area (Å²) < 4.78 is 6.69. The van der Waals surface area contributed by atoms with Crippen LogP contribution in [0.1, 0.15) is 10.4 Å². The molecule has 0 atom stereocenters. The molecule has 80 valence electrons. The third-order valence-electron chi connectivity index (χ3n) is 1.90. The first-order valence-electron chi connectivity index (χ1n) is 4.71. The summed E-state index contributed by atoms with van der Waals surface area (Å²) in [6.45, 7) is 4.65. The second-order valence-corrected chi connectivity index (χ2v) is 5.59. The maximum absolute atomic E-state index is 5.46. The van der Waals surface area contributed by atoms with Crippen molar-refractivity contribution in [1.29, 1.82) is 0 Å². The number of thiophene rings is 1. The molecule has 0 aliphatic heterocycles. The van der Waals surface area contributed by atoms with Gasteiger partial charge < -0.3 is 10.1 Å². The van der Waals surface area contributed by atoms with E-state index in [-0.39, 0.29) is 0 Å². The molecule has 0 saturated heterocycles. The Morgan fingerprint density at radius 3 is 2.86 bits per heavy atom. The summed E-state index contributed by atoms with van der Waals surface area (Å²) in [6, 6.07) is 2.22. The molecule has 0 spiro atoms. The average Bonchev–Trinajstić information content (AvgIpc) is 2.46. The predicted molar refractivity (Wildman–Crippen MR) is 65.2 cm³/mol. The predicted octanol–water partition coefficient (Wildman–Crippen LogP) is 2.60. The number of nitrogens with one attached hydrogen (secondary N) is 1. The van der Waals surface area contributed by atoms with Crippen LogP contribution in [0.15, 0.2) is 9.85 Å². The highest BCUT2D eigenvalue weighted by atomic mass is 79.9. The summed E-state index contributed by atoms with van der Waals surface area (Å²) in [5.74, 6) is 0. The van der Waals surface area contributed by atoms with Gasteiger partial charge in [0.15, 0.2) is 0 Å². The highest BCUT2D eigenvalue weighted by molar-refractivity contribution is 9.11. The van der Waals surface area contributed by atoms with Crippen molar-refractivity contribution in [3.8, 4) is 0 Å². The Kier molecular flexibility index (Phi) is 5.70. The van der Waals surface area contributed by atoms with E-state index in [0.717, 1.165) is 26.2 Å². The van der Waals surface area contributed by atoms with E-state index in [1.165, 1.54) is 14.2 Å². The molecular formula is C10H16BrNOS. The van der Waals surface area contributed by atoms with Crippen molar-refractivity contribution in [3.63, 3.8) is 0 Å². The fourth-order valence-electron chi connectivity index (χ4n) is 1.10. The van der Waals surface area contributed by atoms with Crippen molar-refractivity contribution in [3.05, 3.63) is 20.3 Å². The standard InChI is InChI=1S/C10H16BrNOS/c1-8-7-9(14-10(8)11)3-5-13-6-4-12-2/h7,12H,3-6H2,1-2H3. The number of halogens is 1. The second-order valence-electron chi connectivity index (χ2n) is 3.14. The lowest BCUT2D eigenvalue weighted by Crippen LogP contribution is -2.14. The quantitative estimate of drug-likeness (QED) is 0.808. The van der Waals surface area contributed by atoms with Crippen LogP contribution in [-0.2, 0) is 11.2 Å². The molecule has 2 nitrogen and oxygen atoms in total. The maximum atomic E-state index is 5.46. The van der Waals surface area contributed by atoms with Gasteiger partial charge in [-0.05, 0) is 41.5 Å². The minimum atomic E-state index is 0.794. The Bertz CT molecular complexity index is 256. The highest BCUT2D eigenvalue weighted by Gasteiger charge is 2.02. The normalized spacial score (nSPS) is 10.8. The van der Waals surface area contributed by atoms with E-state index in [2.05, 4.69) is 34.2 Å². The Balaban J connectivity index is 2.18. The monoisotopic (exact) mass is 277 g/mol. The van der Waals surface area contributed by atoms with E-state index in [4.69, 9.17) is 4.74 Å². The minimum Gasteiger partial charge on any atom is -0.380 e. The zero-order chi connectivity index (χ0) is 10.4. The first kappa shape index (κ1) is 12.2. The van der Waals surface area contributed by atoms with Crippen molar-refractivity contribution in [1.82, 2.24) is 5.32 Å². The topological polar surface area (TPSA) is 21.3 Å². The molecular weight excluding hydrogens is 262 g/mol. The van der Waals surface area contributed by atoms with Crippen LogP contribution in [-0.4, -0.2) is 26.8 Å². The second kappa shape index (κ2) is 6.56. The summed E-state index contributed by atoms with van der Waals surface area (Å²) in [6.07, 6.45) is 1.01. The molecule has 14 heavy (non-hydrogen) atoms. The number of hydrogen-bond acceptors (Lipinski definition) is 3. The molecule has 1 N–H and O–H groups in total. The van der Waals surface area contributed by atoms with Crippen LogP contribution in [0.5, 0.6) is 0 Å². The zero-order valence-electron chi connectivity index (χ0n) is 8.60. The summed E-state index contributed by atoms with van der Waals surface area (Å²) in [7, 11) is 1.93. The largest absolute Gasteiger partial charge is 0.380 e. The van der Waals surface area contributed by atoms with Crippen LogP contribution in [0.2, 0.25) is 0 Å². The minimum absolute atomic E-state index is 0.794. The van der Waals surface area contributed by atoms with Crippen molar-refractivity contribution in [2.24, 2.45) is 0 Å². The molecule has 0 aliphatic rings. The van der Waals surface area contributed by atoms with Gasteiger partial charge in [0, 0.05) is 17.8 Å². The molecule has 0 amide bonds. The molecule has 1 rings (SSSR count). The fraction of sp³-hybridized carbons (Fsp3) is 0.600. The smallest absolute Gasteiger partial charge is 0.0730 e. The van der Waals surface area contributed by atoms with Gasteiger partial charge in [0.1, 0.15) is 0 Å².